The Morgan fingerprint density at radius 1 is 1.20 bits per heavy atom. The Kier molecular flexibility index (Phi) is 3.72. The molecule has 1 aromatic rings. The Morgan fingerprint density at radius 2 is 1.87 bits per heavy atom. The van der Waals surface area contributed by atoms with Crippen molar-refractivity contribution in [2.24, 2.45) is 5.41 Å². The molecule has 0 bridgehead atoms. The van der Waals surface area contributed by atoms with Gasteiger partial charge in [-0.05, 0) is 31.6 Å². The summed E-state index contributed by atoms with van der Waals surface area (Å²) < 4.78 is 0. The minimum absolute atomic E-state index is 0.568. The summed E-state index contributed by atoms with van der Waals surface area (Å²) in [4.78, 5) is 0. The third-order valence-electron chi connectivity index (χ3n) is 1.82. The number of rotatable bonds is 1. The lowest BCUT2D eigenvalue weighted by molar-refractivity contribution is 0.674. The van der Waals surface area contributed by atoms with Crippen molar-refractivity contribution in [2.45, 2.75) is 13.8 Å². The summed E-state index contributed by atoms with van der Waals surface area (Å²) in [7, 11) is 0. The molecule has 0 unspecified atom stereocenters. The molecule has 0 aliphatic rings. The Labute approximate surface area is 91.1 Å². The van der Waals surface area contributed by atoms with Crippen LogP contribution < -0.4 is 0 Å². The van der Waals surface area contributed by atoms with Crippen LogP contribution in [0, 0.1) is 28.6 Å². The lowest BCUT2D eigenvalue weighted by Gasteiger charge is -2.01. The highest BCUT2D eigenvalue weighted by molar-refractivity contribution is 5.52. The van der Waals surface area contributed by atoms with Crippen LogP contribution in [-0.2, 0) is 0 Å². The average Bonchev–Trinajstić information content (AvgIpc) is 2.26. The molecule has 0 radical (unpaired) electrons. The van der Waals surface area contributed by atoms with Crippen LogP contribution in [0.2, 0.25) is 0 Å². The van der Waals surface area contributed by atoms with Gasteiger partial charge in [-0.25, -0.2) is 0 Å². The minimum Gasteiger partial charge on any atom is -0.197 e. The molecule has 0 aliphatic carbocycles. The van der Waals surface area contributed by atoms with Gasteiger partial charge in [0.1, 0.15) is 5.41 Å². The number of hydrogen-bond acceptors (Lipinski definition) is 1. The van der Waals surface area contributed by atoms with E-state index >= 15 is 0 Å². The van der Waals surface area contributed by atoms with E-state index in [-0.39, 0.29) is 0 Å². The van der Waals surface area contributed by atoms with E-state index in [1.165, 1.54) is 0 Å². The van der Waals surface area contributed by atoms with Crippen molar-refractivity contribution in [3.8, 4) is 17.9 Å². The number of benzene rings is 1. The van der Waals surface area contributed by atoms with Crippen molar-refractivity contribution < 1.29 is 0 Å². The molecule has 1 aromatic carbocycles. The molecule has 0 saturated heterocycles. The molecule has 74 valence electrons. The molecule has 1 rings (SSSR count). The fourth-order valence-electron chi connectivity index (χ4n) is 0.952. The molecule has 1 nitrogen and oxygen atoms in total. The zero-order valence-corrected chi connectivity index (χ0v) is 8.99. The lowest BCUT2D eigenvalue weighted by atomic mass is 9.97. The molecule has 15 heavy (non-hydrogen) atoms. The average molecular weight is 195 g/mol. The maximum Gasteiger partial charge on any atom is 0.112 e. The quantitative estimate of drug-likeness (QED) is 0.631. The van der Waals surface area contributed by atoms with Gasteiger partial charge in [0.2, 0.25) is 0 Å². The monoisotopic (exact) mass is 195 g/mol. The van der Waals surface area contributed by atoms with Crippen LogP contribution in [0.15, 0.2) is 36.4 Å². The van der Waals surface area contributed by atoms with Gasteiger partial charge in [-0.2, -0.15) is 5.26 Å². The van der Waals surface area contributed by atoms with Gasteiger partial charge in [0.15, 0.2) is 0 Å². The fraction of sp³-hybridized carbons (Fsp3) is 0.214. The maximum absolute atomic E-state index is 8.73. The molecule has 1 heteroatoms. The normalized spacial score (nSPS) is 10.5. The summed E-state index contributed by atoms with van der Waals surface area (Å²) >= 11 is 0. The van der Waals surface area contributed by atoms with E-state index in [0.717, 1.165) is 5.56 Å². The van der Waals surface area contributed by atoms with Crippen molar-refractivity contribution in [1.82, 2.24) is 0 Å². The van der Waals surface area contributed by atoms with Crippen LogP contribution >= 0.6 is 0 Å². The molecule has 0 heterocycles. The zero-order valence-electron chi connectivity index (χ0n) is 8.99. The molecule has 0 saturated carbocycles. The van der Waals surface area contributed by atoms with Crippen molar-refractivity contribution in [2.75, 3.05) is 0 Å². The lowest BCUT2D eigenvalue weighted by Crippen LogP contribution is -2.02. The van der Waals surface area contributed by atoms with Gasteiger partial charge in [0, 0.05) is 0 Å². The largest absolute Gasteiger partial charge is 0.197 e. The highest BCUT2D eigenvalue weighted by atomic mass is 14.3. The second kappa shape index (κ2) is 5.03. The van der Waals surface area contributed by atoms with Gasteiger partial charge in [-0.1, -0.05) is 42.2 Å². The second-order valence-electron chi connectivity index (χ2n) is 3.75. The summed E-state index contributed by atoms with van der Waals surface area (Å²) in [6.45, 7) is 3.60. The van der Waals surface area contributed by atoms with Gasteiger partial charge >= 0.3 is 0 Å². The zero-order chi connectivity index (χ0) is 11.1. The molecule has 0 aliphatic heterocycles. The van der Waals surface area contributed by atoms with Crippen molar-refractivity contribution >= 4 is 6.08 Å². The first-order valence-electron chi connectivity index (χ1n) is 4.79. The molecule has 0 fully saturated rings. The molecule has 0 atom stereocenters. The summed E-state index contributed by atoms with van der Waals surface area (Å²) in [5.74, 6) is 5.75. The SMILES string of the molecule is CC(C)(C#N)C#C/C=C/c1ccccc1. The maximum atomic E-state index is 8.73. The van der Waals surface area contributed by atoms with Crippen LogP contribution in [0.25, 0.3) is 6.08 Å². The van der Waals surface area contributed by atoms with E-state index in [0.29, 0.717) is 0 Å². The predicted octanol–water partition coefficient (Wildman–Crippen LogP) is 3.25. The Balaban J connectivity index is 2.66. The summed E-state index contributed by atoms with van der Waals surface area (Å²) in [5.41, 5.74) is 0.544. The van der Waals surface area contributed by atoms with Crippen LogP contribution in [-0.4, -0.2) is 0 Å². The van der Waals surface area contributed by atoms with Gasteiger partial charge in [-0.15, -0.1) is 0 Å². The van der Waals surface area contributed by atoms with E-state index in [1.54, 1.807) is 19.9 Å². The summed E-state index contributed by atoms with van der Waals surface area (Å²) in [6.07, 6.45) is 3.70. The van der Waals surface area contributed by atoms with Gasteiger partial charge in [0.25, 0.3) is 0 Å². The van der Waals surface area contributed by atoms with E-state index in [9.17, 15) is 0 Å². The van der Waals surface area contributed by atoms with Crippen LogP contribution in [0.5, 0.6) is 0 Å². The Bertz CT molecular complexity index is 436. The Morgan fingerprint density at radius 3 is 2.47 bits per heavy atom. The third kappa shape index (κ3) is 4.16. The van der Waals surface area contributed by atoms with Crippen molar-refractivity contribution in [3.05, 3.63) is 42.0 Å². The smallest absolute Gasteiger partial charge is 0.112 e. The predicted molar refractivity (Wildman–Crippen MR) is 62.6 cm³/mol. The molecular weight excluding hydrogens is 182 g/mol. The van der Waals surface area contributed by atoms with Gasteiger partial charge < -0.3 is 0 Å². The number of hydrogen-bond donors (Lipinski definition) is 0. The molecule has 0 spiro atoms. The van der Waals surface area contributed by atoms with E-state index in [4.69, 9.17) is 5.26 Å². The van der Waals surface area contributed by atoms with Crippen molar-refractivity contribution in [3.63, 3.8) is 0 Å². The highest BCUT2D eigenvalue weighted by Gasteiger charge is 2.10. The van der Waals surface area contributed by atoms with Gasteiger partial charge in [0.05, 0.1) is 6.07 Å². The van der Waals surface area contributed by atoms with Crippen molar-refractivity contribution in [1.29, 1.82) is 5.26 Å². The number of nitriles is 1. The fourth-order valence-corrected chi connectivity index (χ4v) is 0.952. The van der Waals surface area contributed by atoms with E-state index in [1.807, 2.05) is 36.4 Å². The number of allylic oxidation sites excluding steroid dienone is 1. The minimum atomic E-state index is -0.568. The first-order chi connectivity index (χ1) is 7.14. The molecule has 0 amide bonds. The highest BCUT2D eigenvalue weighted by Crippen LogP contribution is 2.10. The standard InChI is InChI=1S/C14H13N/c1-14(2,12-15)11-7-6-10-13-8-4-3-5-9-13/h3-6,8-10H,1-2H3/b10-6+. The van der Waals surface area contributed by atoms with E-state index in [2.05, 4.69) is 17.9 Å². The van der Waals surface area contributed by atoms with Gasteiger partial charge in [-0.3, -0.25) is 0 Å². The summed E-state index contributed by atoms with van der Waals surface area (Å²) in [5, 5.41) is 8.73. The molecular formula is C14H13N. The first-order valence-corrected chi connectivity index (χ1v) is 4.79. The summed E-state index contributed by atoms with van der Waals surface area (Å²) in [6, 6.07) is 12.1. The number of nitrogens with zero attached hydrogens (tertiary/aromatic N) is 1. The Hall–Kier alpha value is -1.99. The van der Waals surface area contributed by atoms with Crippen LogP contribution in [0.1, 0.15) is 19.4 Å². The topological polar surface area (TPSA) is 23.8 Å². The van der Waals surface area contributed by atoms with Crippen LogP contribution in [0.4, 0.5) is 0 Å². The van der Waals surface area contributed by atoms with E-state index < -0.39 is 5.41 Å². The molecule has 0 N–H and O–H groups in total. The third-order valence-corrected chi connectivity index (χ3v) is 1.82. The first kappa shape index (κ1) is 11.1. The van der Waals surface area contributed by atoms with Crippen LogP contribution in [0.3, 0.4) is 0 Å². The second-order valence-corrected chi connectivity index (χ2v) is 3.75. The molecule has 0 aromatic heterocycles.